The molecule has 1 heterocycles. The average molecular weight is 339 g/mol. The summed E-state index contributed by atoms with van der Waals surface area (Å²) >= 11 is 0. The molecule has 0 atom stereocenters. The number of pyridine rings is 1. The van der Waals surface area contributed by atoms with E-state index in [9.17, 15) is 4.79 Å². The SMILES string of the molecule is N#Cc1ccc(NC(=O)c2ccc(Nc3ccccc3C#N)cn2)cc1. The maximum Gasteiger partial charge on any atom is 0.274 e. The second-order valence-electron chi connectivity index (χ2n) is 5.36. The summed E-state index contributed by atoms with van der Waals surface area (Å²) in [5.74, 6) is -0.348. The summed E-state index contributed by atoms with van der Waals surface area (Å²) in [7, 11) is 0. The molecule has 6 nitrogen and oxygen atoms in total. The minimum Gasteiger partial charge on any atom is -0.353 e. The molecule has 26 heavy (non-hydrogen) atoms. The Hall–Kier alpha value is -4.16. The molecule has 0 aliphatic carbocycles. The lowest BCUT2D eigenvalue weighted by Crippen LogP contribution is -2.13. The third-order valence-electron chi connectivity index (χ3n) is 3.59. The summed E-state index contributed by atoms with van der Waals surface area (Å²) in [5.41, 5.74) is 3.23. The van der Waals surface area contributed by atoms with E-state index in [0.717, 1.165) is 0 Å². The lowest BCUT2D eigenvalue weighted by molar-refractivity contribution is 0.102. The van der Waals surface area contributed by atoms with Gasteiger partial charge in [-0.05, 0) is 48.5 Å². The van der Waals surface area contributed by atoms with E-state index in [4.69, 9.17) is 10.5 Å². The molecule has 0 aliphatic heterocycles. The number of rotatable bonds is 4. The van der Waals surface area contributed by atoms with Crippen LogP contribution in [0.1, 0.15) is 21.6 Å². The number of hydrogen-bond donors (Lipinski definition) is 2. The second-order valence-corrected chi connectivity index (χ2v) is 5.36. The molecule has 1 amide bonds. The van der Waals surface area contributed by atoms with Crippen molar-refractivity contribution >= 4 is 23.0 Å². The summed E-state index contributed by atoms with van der Waals surface area (Å²) in [5, 5.41) is 23.7. The zero-order valence-corrected chi connectivity index (χ0v) is 13.6. The van der Waals surface area contributed by atoms with Gasteiger partial charge in [0, 0.05) is 5.69 Å². The first kappa shape index (κ1) is 16.7. The van der Waals surface area contributed by atoms with Gasteiger partial charge < -0.3 is 10.6 Å². The van der Waals surface area contributed by atoms with Crippen molar-refractivity contribution < 1.29 is 4.79 Å². The minimum absolute atomic E-state index is 0.258. The van der Waals surface area contributed by atoms with Gasteiger partial charge in [-0.2, -0.15) is 10.5 Å². The molecule has 0 unspecified atom stereocenters. The monoisotopic (exact) mass is 339 g/mol. The molecule has 0 radical (unpaired) electrons. The van der Waals surface area contributed by atoms with Gasteiger partial charge in [0.25, 0.3) is 5.91 Å². The molecule has 0 aliphatic rings. The zero-order valence-electron chi connectivity index (χ0n) is 13.6. The number of nitrogens with one attached hydrogen (secondary N) is 2. The zero-order chi connectivity index (χ0) is 18.4. The highest BCUT2D eigenvalue weighted by molar-refractivity contribution is 6.03. The predicted octanol–water partition coefficient (Wildman–Crippen LogP) is 3.82. The number of hydrogen-bond acceptors (Lipinski definition) is 5. The van der Waals surface area contributed by atoms with Gasteiger partial charge in [0.15, 0.2) is 0 Å². The lowest BCUT2D eigenvalue weighted by Gasteiger charge is -2.09. The molecule has 6 heteroatoms. The molecule has 2 aromatic carbocycles. The molecule has 0 spiro atoms. The van der Waals surface area contributed by atoms with E-state index < -0.39 is 0 Å². The molecule has 0 bridgehead atoms. The largest absolute Gasteiger partial charge is 0.353 e. The molecular weight excluding hydrogens is 326 g/mol. The number of amides is 1. The third kappa shape index (κ3) is 3.84. The standard InChI is InChI=1S/C20H13N5O/c21-11-14-5-7-16(8-6-14)25-20(26)19-10-9-17(13-23-19)24-18-4-2-1-3-15(18)12-22/h1-10,13,24H,(H,25,26). The Morgan fingerprint density at radius 2 is 1.62 bits per heavy atom. The highest BCUT2D eigenvalue weighted by atomic mass is 16.1. The van der Waals surface area contributed by atoms with Gasteiger partial charge in [-0.15, -0.1) is 0 Å². The fourth-order valence-corrected chi connectivity index (χ4v) is 2.27. The van der Waals surface area contributed by atoms with Crippen LogP contribution in [0.25, 0.3) is 0 Å². The smallest absolute Gasteiger partial charge is 0.274 e. The number of carbonyl (C=O) groups is 1. The van der Waals surface area contributed by atoms with Crippen LogP contribution in [0.2, 0.25) is 0 Å². The van der Waals surface area contributed by atoms with E-state index in [1.165, 1.54) is 6.20 Å². The van der Waals surface area contributed by atoms with Gasteiger partial charge in [-0.3, -0.25) is 4.79 Å². The number of nitriles is 2. The van der Waals surface area contributed by atoms with Crippen molar-refractivity contribution in [3.63, 3.8) is 0 Å². The van der Waals surface area contributed by atoms with Crippen LogP contribution in [-0.2, 0) is 0 Å². The van der Waals surface area contributed by atoms with Crippen LogP contribution in [0.4, 0.5) is 17.1 Å². The summed E-state index contributed by atoms with van der Waals surface area (Å²) in [6.45, 7) is 0. The Kier molecular flexibility index (Phi) is 4.88. The van der Waals surface area contributed by atoms with Crippen LogP contribution in [0.15, 0.2) is 66.9 Å². The maximum atomic E-state index is 12.2. The van der Waals surface area contributed by atoms with E-state index in [2.05, 4.69) is 21.7 Å². The van der Waals surface area contributed by atoms with Crippen LogP contribution in [0.5, 0.6) is 0 Å². The van der Waals surface area contributed by atoms with Gasteiger partial charge in [0.05, 0.1) is 34.8 Å². The van der Waals surface area contributed by atoms with Crippen LogP contribution >= 0.6 is 0 Å². The Bertz CT molecular complexity index is 1010. The fraction of sp³-hybridized carbons (Fsp3) is 0. The molecule has 124 valence electrons. The van der Waals surface area contributed by atoms with Crippen molar-refractivity contribution in [3.8, 4) is 12.1 Å². The van der Waals surface area contributed by atoms with Gasteiger partial charge in [0.1, 0.15) is 11.8 Å². The van der Waals surface area contributed by atoms with Crippen LogP contribution < -0.4 is 10.6 Å². The normalized spacial score (nSPS) is 9.62. The van der Waals surface area contributed by atoms with E-state index in [-0.39, 0.29) is 11.6 Å². The van der Waals surface area contributed by atoms with E-state index in [0.29, 0.717) is 28.2 Å². The third-order valence-corrected chi connectivity index (χ3v) is 3.59. The number of nitrogens with zero attached hydrogens (tertiary/aromatic N) is 3. The first-order chi connectivity index (χ1) is 12.7. The van der Waals surface area contributed by atoms with Crippen LogP contribution in [0.3, 0.4) is 0 Å². The molecule has 2 N–H and O–H groups in total. The van der Waals surface area contributed by atoms with Crippen LogP contribution in [-0.4, -0.2) is 10.9 Å². The topological polar surface area (TPSA) is 102 Å². The highest BCUT2D eigenvalue weighted by Gasteiger charge is 2.08. The number of aromatic nitrogens is 1. The van der Waals surface area contributed by atoms with Gasteiger partial charge in [-0.25, -0.2) is 4.98 Å². The van der Waals surface area contributed by atoms with Crippen molar-refractivity contribution in [1.29, 1.82) is 10.5 Å². The first-order valence-electron chi connectivity index (χ1n) is 7.73. The molecule has 3 aromatic rings. The van der Waals surface area contributed by atoms with E-state index in [1.54, 1.807) is 54.6 Å². The average Bonchev–Trinajstić information content (AvgIpc) is 2.69. The molecule has 0 fully saturated rings. The predicted molar refractivity (Wildman–Crippen MR) is 97.8 cm³/mol. The number of para-hydroxylation sites is 1. The van der Waals surface area contributed by atoms with Crippen molar-refractivity contribution in [2.75, 3.05) is 10.6 Å². The van der Waals surface area contributed by atoms with Crippen LogP contribution in [0, 0.1) is 22.7 Å². The van der Waals surface area contributed by atoms with Crippen molar-refractivity contribution in [2.45, 2.75) is 0 Å². The number of carbonyl (C=O) groups excluding carboxylic acids is 1. The maximum absolute atomic E-state index is 12.2. The fourth-order valence-electron chi connectivity index (χ4n) is 2.27. The van der Waals surface area contributed by atoms with E-state index in [1.807, 2.05) is 12.1 Å². The van der Waals surface area contributed by atoms with E-state index >= 15 is 0 Å². The quantitative estimate of drug-likeness (QED) is 0.752. The first-order valence-corrected chi connectivity index (χ1v) is 7.73. The Morgan fingerprint density at radius 1 is 0.885 bits per heavy atom. The summed E-state index contributed by atoms with van der Waals surface area (Å²) in [4.78, 5) is 16.4. The highest BCUT2D eigenvalue weighted by Crippen LogP contribution is 2.20. The molecule has 1 aromatic heterocycles. The minimum atomic E-state index is -0.348. The summed E-state index contributed by atoms with van der Waals surface area (Å²) < 4.78 is 0. The molecule has 0 saturated heterocycles. The Morgan fingerprint density at radius 3 is 2.27 bits per heavy atom. The number of anilines is 3. The number of benzene rings is 2. The van der Waals surface area contributed by atoms with Crippen molar-refractivity contribution in [3.05, 3.63) is 83.7 Å². The van der Waals surface area contributed by atoms with Crippen molar-refractivity contribution in [2.24, 2.45) is 0 Å². The Labute approximate surface area is 150 Å². The molecule has 3 rings (SSSR count). The van der Waals surface area contributed by atoms with Gasteiger partial charge in [-0.1, -0.05) is 12.1 Å². The molecule has 0 saturated carbocycles. The van der Waals surface area contributed by atoms with Crippen molar-refractivity contribution in [1.82, 2.24) is 4.98 Å². The molecular formula is C20H13N5O. The van der Waals surface area contributed by atoms with Gasteiger partial charge in [0.2, 0.25) is 0 Å². The summed E-state index contributed by atoms with van der Waals surface area (Å²) in [6, 6.07) is 21.1. The van der Waals surface area contributed by atoms with Gasteiger partial charge >= 0.3 is 0 Å². The summed E-state index contributed by atoms with van der Waals surface area (Å²) in [6.07, 6.45) is 1.53. The Balaban J connectivity index is 1.69. The second kappa shape index (κ2) is 7.61. The lowest BCUT2D eigenvalue weighted by atomic mass is 10.2.